The van der Waals surface area contributed by atoms with E-state index in [0.717, 1.165) is 24.3 Å². The number of carbonyl (C=O) groups is 1. The molecule has 2 aromatic rings. The molecule has 0 aliphatic heterocycles. The maximum Gasteiger partial charge on any atom is 0.226 e. The van der Waals surface area contributed by atoms with Gasteiger partial charge in [0.15, 0.2) is 0 Å². The van der Waals surface area contributed by atoms with Crippen molar-refractivity contribution < 1.29 is 4.79 Å². The number of imidazole rings is 1. The van der Waals surface area contributed by atoms with Gasteiger partial charge in [-0.1, -0.05) is 6.07 Å². The Kier molecular flexibility index (Phi) is 4.30. The van der Waals surface area contributed by atoms with Crippen molar-refractivity contribution in [2.75, 3.05) is 20.1 Å². The quantitative estimate of drug-likeness (QED) is 0.734. The molecule has 5 nitrogen and oxygen atoms in total. The van der Waals surface area contributed by atoms with Crippen molar-refractivity contribution in [2.45, 2.75) is 12.8 Å². The third-order valence-corrected chi connectivity index (χ3v) is 2.68. The molecule has 96 valence electrons. The van der Waals surface area contributed by atoms with Gasteiger partial charge in [0.05, 0.1) is 12.1 Å². The van der Waals surface area contributed by atoms with Gasteiger partial charge in [-0.15, -0.1) is 0 Å². The first-order valence-electron chi connectivity index (χ1n) is 6.13. The minimum atomic E-state index is 0.0227. The number of hydrogen-bond donors (Lipinski definition) is 2. The lowest BCUT2D eigenvalue weighted by molar-refractivity contribution is -0.120. The number of aromatic nitrogens is 2. The molecule has 0 atom stereocenters. The molecule has 2 rings (SSSR count). The molecule has 18 heavy (non-hydrogen) atoms. The van der Waals surface area contributed by atoms with Gasteiger partial charge in [0, 0.05) is 18.9 Å². The average Bonchev–Trinajstić information content (AvgIpc) is 2.76. The minimum Gasteiger partial charge on any atom is -0.356 e. The predicted octanol–water partition coefficient (Wildman–Crippen LogP) is 0.603. The standard InChI is InChI=1S/C13H18N4O/c1-14-6-4-7-15-13(18)9-11-10-17-8-3-2-5-12(17)16-11/h2-3,5,8,10,14H,4,6-7,9H2,1H3,(H,15,18). The highest BCUT2D eigenvalue weighted by Gasteiger charge is 2.06. The molecule has 2 heterocycles. The van der Waals surface area contributed by atoms with E-state index in [1.807, 2.05) is 42.0 Å². The molecule has 0 radical (unpaired) electrons. The van der Waals surface area contributed by atoms with Crippen molar-refractivity contribution in [3.8, 4) is 0 Å². The Labute approximate surface area is 106 Å². The first kappa shape index (κ1) is 12.6. The van der Waals surface area contributed by atoms with Gasteiger partial charge in [-0.3, -0.25) is 4.79 Å². The van der Waals surface area contributed by atoms with E-state index in [1.54, 1.807) is 0 Å². The normalized spacial score (nSPS) is 10.7. The van der Waals surface area contributed by atoms with Crippen LogP contribution in [0.2, 0.25) is 0 Å². The maximum atomic E-state index is 11.7. The van der Waals surface area contributed by atoms with Crippen LogP contribution in [0, 0.1) is 0 Å². The molecule has 0 aliphatic rings. The number of amides is 1. The van der Waals surface area contributed by atoms with Gasteiger partial charge in [-0.25, -0.2) is 4.98 Å². The minimum absolute atomic E-state index is 0.0227. The Morgan fingerprint density at radius 2 is 2.28 bits per heavy atom. The number of nitrogens with one attached hydrogen (secondary N) is 2. The van der Waals surface area contributed by atoms with Crippen LogP contribution in [0.4, 0.5) is 0 Å². The molecule has 0 unspecified atom stereocenters. The summed E-state index contributed by atoms with van der Waals surface area (Å²) in [5.74, 6) is 0.0227. The van der Waals surface area contributed by atoms with Gasteiger partial charge in [0.2, 0.25) is 5.91 Å². The van der Waals surface area contributed by atoms with Crippen molar-refractivity contribution in [2.24, 2.45) is 0 Å². The second-order valence-electron chi connectivity index (χ2n) is 4.18. The lowest BCUT2D eigenvalue weighted by Crippen LogP contribution is -2.28. The summed E-state index contributed by atoms with van der Waals surface area (Å²) in [6, 6.07) is 5.80. The van der Waals surface area contributed by atoms with Crippen LogP contribution in [-0.4, -0.2) is 35.4 Å². The molecular weight excluding hydrogens is 228 g/mol. The Bertz CT molecular complexity index is 487. The number of fused-ring (bicyclic) bond motifs is 1. The van der Waals surface area contributed by atoms with Gasteiger partial charge < -0.3 is 15.0 Å². The van der Waals surface area contributed by atoms with Crippen LogP contribution in [0.3, 0.4) is 0 Å². The zero-order valence-electron chi connectivity index (χ0n) is 10.5. The van der Waals surface area contributed by atoms with Crippen molar-refractivity contribution in [1.29, 1.82) is 0 Å². The summed E-state index contributed by atoms with van der Waals surface area (Å²) in [6.07, 6.45) is 5.09. The molecule has 0 aromatic carbocycles. The fourth-order valence-electron chi connectivity index (χ4n) is 1.79. The van der Waals surface area contributed by atoms with E-state index in [4.69, 9.17) is 0 Å². The maximum absolute atomic E-state index is 11.7. The van der Waals surface area contributed by atoms with Gasteiger partial charge in [0.25, 0.3) is 0 Å². The lowest BCUT2D eigenvalue weighted by atomic mass is 10.3. The largest absolute Gasteiger partial charge is 0.356 e. The Morgan fingerprint density at radius 3 is 3.06 bits per heavy atom. The second-order valence-corrected chi connectivity index (χ2v) is 4.18. The molecular formula is C13H18N4O. The Hall–Kier alpha value is -1.88. The van der Waals surface area contributed by atoms with E-state index in [9.17, 15) is 4.79 Å². The number of hydrogen-bond acceptors (Lipinski definition) is 3. The van der Waals surface area contributed by atoms with E-state index in [1.165, 1.54) is 0 Å². The van der Waals surface area contributed by atoms with E-state index in [2.05, 4.69) is 15.6 Å². The highest BCUT2D eigenvalue weighted by Crippen LogP contribution is 2.04. The monoisotopic (exact) mass is 246 g/mol. The molecule has 0 aliphatic carbocycles. The van der Waals surface area contributed by atoms with Crippen LogP contribution in [0.5, 0.6) is 0 Å². The first-order chi connectivity index (χ1) is 8.79. The lowest BCUT2D eigenvalue weighted by Gasteiger charge is -2.03. The highest BCUT2D eigenvalue weighted by molar-refractivity contribution is 5.78. The summed E-state index contributed by atoms with van der Waals surface area (Å²) in [4.78, 5) is 16.1. The van der Waals surface area contributed by atoms with Crippen LogP contribution in [0.1, 0.15) is 12.1 Å². The van der Waals surface area contributed by atoms with Crippen molar-refractivity contribution in [3.63, 3.8) is 0 Å². The zero-order valence-corrected chi connectivity index (χ0v) is 10.5. The van der Waals surface area contributed by atoms with Crippen LogP contribution in [0.25, 0.3) is 5.65 Å². The molecule has 2 aromatic heterocycles. The number of nitrogens with zero attached hydrogens (tertiary/aromatic N) is 2. The fraction of sp³-hybridized carbons (Fsp3) is 0.385. The van der Waals surface area contributed by atoms with Crippen molar-refractivity contribution >= 4 is 11.6 Å². The first-order valence-corrected chi connectivity index (χ1v) is 6.13. The molecule has 1 amide bonds. The summed E-state index contributed by atoms with van der Waals surface area (Å²) in [6.45, 7) is 1.61. The Balaban J connectivity index is 1.86. The highest BCUT2D eigenvalue weighted by atomic mass is 16.1. The van der Waals surface area contributed by atoms with Gasteiger partial charge in [-0.05, 0) is 32.1 Å². The molecule has 0 bridgehead atoms. The fourth-order valence-corrected chi connectivity index (χ4v) is 1.79. The zero-order chi connectivity index (χ0) is 12.8. The summed E-state index contributed by atoms with van der Waals surface area (Å²) in [7, 11) is 1.90. The third kappa shape index (κ3) is 3.30. The van der Waals surface area contributed by atoms with Crippen LogP contribution >= 0.6 is 0 Å². The third-order valence-electron chi connectivity index (χ3n) is 2.68. The van der Waals surface area contributed by atoms with Crippen LogP contribution in [-0.2, 0) is 11.2 Å². The summed E-state index contributed by atoms with van der Waals surface area (Å²) in [5.41, 5.74) is 1.67. The van der Waals surface area contributed by atoms with E-state index < -0.39 is 0 Å². The van der Waals surface area contributed by atoms with Crippen molar-refractivity contribution in [1.82, 2.24) is 20.0 Å². The van der Waals surface area contributed by atoms with E-state index in [0.29, 0.717) is 13.0 Å². The predicted molar refractivity (Wildman–Crippen MR) is 70.4 cm³/mol. The molecule has 0 saturated carbocycles. The molecule has 0 spiro atoms. The topological polar surface area (TPSA) is 58.4 Å². The van der Waals surface area contributed by atoms with Crippen molar-refractivity contribution in [3.05, 3.63) is 36.3 Å². The summed E-state index contributed by atoms with van der Waals surface area (Å²) >= 11 is 0. The van der Waals surface area contributed by atoms with Gasteiger partial charge in [-0.2, -0.15) is 0 Å². The van der Waals surface area contributed by atoms with E-state index in [-0.39, 0.29) is 5.91 Å². The number of carbonyl (C=O) groups excluding carboxylic acids is 1. The second kappa shape index (κ2) is 6.16. The molecule has 0 fully saturated rings. The summed E-state index contributed by atoms with van der Waals surface area (Å²) < 4.78 is 1.92. The van der Waals surface area contributed by atoms with E-state index >= 15 is 0 Å². The van der Waals surface area contributed by atoms with Gasteiger partial charge >= 0.3 is 0 Å². The molecule has 5 heteroatoms. The van der Waals surface area contributed by atoms with Gasteiger partial charge in [0.1, 0.15) is 5.65 Å². The Morgan fingerprint density at radius 1 is 1.39 bits per heavy atom. The number of pyridine rings is 1. The molecule has 0 saturated heterocycles. The number of rotatable bonds is 6. The SMILES string of the molecule is CNCCCNC(=O)Cc1cn2ccccc2n1. The smallest absolute Gasteiger partial charge is 0.226 e. The van der Waals surface area contributed by atoms with Crippen LogP contribution < -0.4 is 10.6 Å². The molecule has 2 N–H and O–H groups in total. The van der Waals surface area contributed by atoms with Crippen LogP contribution in [0.15, 0.2) is 30.6 Å². The summed E-state index contributed by atoms with van der Waals surface area (Å²) in [5, 5.41) is 5.92. The average molecular weight is 246 g/mol.